The van der Waals surface area contributed by atoms with E-state index in [1.165, 1.54) is 12.1 Å². The molecule has 1 aromatic rings. The Hall–Kier alpha value is -0.620. The van der Waals surface area contributed by atoms with Crippen molar-refractivity contribution in [3.8, 4) is 0 Å². The molecule has 10 heteroatoms. The summed E-state index contributed by atoms with van der Waals surface area (Å²) in [6, 6.07) is 6.19. The Morgan fingerprint density at radius 2 is 2.19 bits per heavy atom. The maximum Gasteiger partial charge on any atom is 0.240 e. The van der Waals surface area contributed by atoms with Crippen molar-refractivity contribution in [2.24, 2.45) is 10.9 Å². The van der Waals surface area contributed by atoms with E-state index in [0.29, 0.717) is 17.5 Å². The van der Waals surface area contributed by atoms with Gasteiger partial charge in [0.2, 0.25) is 10.0 Å². The van der Waals surface area contributed by atoms with E-state index in [9.17, 15) is 8.42 Å². The summed E-state index contributed by atoms with van der Waals surface area (Å²) in [6.07, 6.45) is 1.07. The molecule has 0 spiro atoms. The van der Waals surface area contributed by atoms with E-state index in [0.717, 1.165) is 32.1 Å². The van der Waals surface area contributed by atoms with E-state index in [-0.39, 0.29) is 35.4 Å². The van der Waals surface area contributed by atoms with Crippen LogP contribution in [0.4, 0.5) is 0 Å². The van der Waals surface area contributed by atoms with Gasteiger partial charge in [0, 0.05) is 51.3 Å². The number of benzene rings is 1. The molecule has 0 aromatic heterocycles. The molecule has 1 fully saturated rings. The van der Waals surface area contributed by atoms with E-state index < -0.39 is 10.0 Å². The Bertz CT molecular complexity index is 702. The van der Waals surface area contributed by atoms with Crippen LogP contribution in [0.2, 0.25) is 5.02 Å². The van der Waals surface area contributed by atoms with Gasteiger partial charge in [-0.1, -0.05) is 17.7 Å². The molecule has 2 rings (SSSR count). The van der Waals surface area contributed by atoms with Crippen LogP contribution in [0.3, 0.4) is 0 Å². The molecule has 1 unspecified atom stereocenters. The zero-order valence-corrected chi connectivity index (χ0v) is 18.8. The zero-order chi connectivity index (χ0) is 18.3. The number of aliphatic imine (C=N–C) groups is 1. The van der Waals surface area contributed by atoms with Crippen LogP contribution in [0.5, 0.6) is 0 Å². The van der Waals surface area contributed by atoms with Gasteiger partial charge in [-0.15, -0.1) is 24.0 Å². The number of likely N-dealkylation sites (tertiary alicyclic amines) is 1. The lowest BCUT2D eigenvalue weighted by Crippen LogP contribution is -2.43. The Kier molecular flexibility index (Phi) is 10.2. The maximum absolute atomic E-state index is 12.2. The van der Waals surface area contributed by atoms with Gasteiger partial charge in [0.1, 0.15) is 0 Å². The van der Waals surface area contributed by atoms with Gasteiger partial charge < -0.3 is 15.0 Å². The molecule has 148 valence electrons. The number of hydrogen-bond acceptors (Lipinski definition) is 4. The number of rotatable bonds is 7. The highest BCUT2D eigenvalue weighted by atomic mass is 127. The normalized spacial score (nSPS) is 17.9. The minimum absolute atomic E-state index is 0. The molecule has 0 bridgehead atoms. The Balaban J connectivity index is 0.00000338. The van der Waals surface area contributed by atoms with Gasteiger partial charge in [0.05, 0.1) is 11.5 Å². The van der Waals surface area contributed by atoms with Crippen molar-refractivity contribution in [2.75, 3.05) is 46.9 Å². The quantitative estimate of drug-likeness (QED) is 0.250. The van der Waals surface area contributed by atoms with Crippen LogP contribution in [0, 0.1) is 5.92 Å². The highest BCUT2D eigenvalue weighted by Crippen LogP contribution is 2.16. The number of sulfonamides is 1. The van der Waals surface area contributed by atoms with Crippen molar-refractivity contribution in [1.29, 1.82) is 0 Å². The average Bonchev–Trinajstić information content (AvgIpc) is 3.04. The molecule has 0 amide bonds. The Morgan fingerprint density at radius 1 is 1.42 bits per heavy atom. The molecular weight excluding hydrogens is 491 g/mol. The van der Waals surface area contributed by atoms with Gasteiger partial charge in [0.15, 0.2) is 5.96 Å². The third kappa shape index (κ3) is 6.84. The Labute approximate surface area is 177 Å². The second-order valence-corrected chi connectivity index (χ2v) is 8.09. The van der Waals surface area contributed by atoms with Crippen LogP contribution >= 0.6 is 35.6 Å². The summed E-state index contributed by atoms with van der Waals surface area (Å²) >= 11 is 5.84. The molecule has 0 saturated carbocycles. The third-order valence-corrected chi connectivity index (χ3v) is 5.70. The molecule has 1 aromatic carbocycles. The number of guanidine groups is 1. The minimum Gasteiger partial charge on any atom is -0.384 e. The smallest absolute Gasteiger partial charge is 0.240 e. The standard InChI is InChI=1S/C16H25ClN4O3S.HI/c1-18-16(21-9-6-13(11-21)12-24-2)19-7-8-20-25(22,23)15-5-3-4-14(17)10-15;/h3-5,10,13,20H,6-9,11-12H2,1-2H3,(H,18,19);1H. The van der Waals surface area contributed by atoms with E-state index in [4.69, 9.17) is 16.3 Å². The highest BCUT2D eigenvalue weighted by molar-refractivity contribution is 14.0. The van der Waals surface area contributed by atoms with Crippen molar-refractivity contribution >= 4 is 51.6 Å². The number of nitrogens with zero attached hydrogens (tertiary/aromatic N) is 2. The molecule has 2 N–H and O–H groups in total. The van der Waals surface area contributed by atoms with Crippen LogP contribution in [0.25, 0.3) is 0 Å². The molecule has 0 radical (unpaired) electrons. The van der Waals surface area contributed by atoms with Crippen molar-refractivity contribution in [3.63, 3.8) is 0 Å². The van der Waals surface area contributed by atoms with Crippen LogP contribution < -0.4 is 10.0 Å². The van der Waals surface area contributed by atoms with Gasteiger partial charge in [-0.05, 0) is 24.6 Å². The molecular formula is C16H26ClIN4O3S. The molecule has 1 aliphatic rings. The average molecular weight is 517 g/mol. The number of methoxy groups -OCH3 is 1. The number of nitrogens with one attached hydrogen (secondary N) is 2. The highest BCUT2D eigenvalue weighted by Gasteiger charge is 2.24. The third-order valence-electron chi connectivity index (χ3n) is 4.01. The van der Waals surface area contributed by atoms with Crippen molar-refractivity contribution in [3.05, 3.63) is 29.3 Å². The van der Waals surface area contributed by atoms with Gasteiger partial charge >= 0.3 is 0 Å². The van der Waals surface area contributed by atoms with Crippen molar-refractivity contribution in [2.45, 2.75) is 11.3 Å². The molecule has 1 atom stereocenters. The lowest BCUT2D eigenvalue weighted by molar-refractivity contribution is 0.157. The summed E-state index contributed by atoms with van der Waals surface area (Å²) in [5.41, 5.74) is 0. The molecule has 1 aliphatic heterocycles. The fourth-order valence-corrected chi connectivity index (χ4v) is 4.14. The molecule has 7 nitrogen and oxygen atoms in total. The van der Waals surface area contributed by atoms with Crippen LogP contribution in [-0.2, 0) is 14.8 Å². The number of hydrogen-bond donors (Lipinski definition) is 2. The topological polar surface area (TPSA) is 83.0 Å². The molecule has 1 saturated heterocycles. The zero-order valence-electron chi connectivity index (χ0n) is 14.9. The van der Waals surface area contributed by atoms with E-state index in [2.05, 4.69) is 19.9 Å². The maximum atomic E-state index is 12.2. The summed E-state index contributed by atoms with van der Waals surface area (Å²) in [5, 5.41) is 3.58. The summed E-state index contributed by atoms with van der Waals surface area (Å²) in [5.74, 6) is 1.28. The predicted molar refractivity (Wildman–Crippen MR) is 115 cm³/mol. The SMILES string of the molecule is CN=C(NCCNS(=O)(=O)c1cccc(Cl)c1)N1CCC(COC)C1.I. The second-order valence-electron chi connectivity index (χ2n) is 5.89. The number of halogens is 2. The largest absolute Gasteiger partial charge is 0.384 e. The molecule has 0 aliphatic carbocycles. The first kappa shape index (κ1) is 23.4. The molecule has 1 heterocycles. The van der Waals surface area contributed by atoms with Crippen LogP contribution in [0.1, 0.15) is 6.42 Å². The summed E-state index contributed by atoms with van der Waals surface area (Å²) in [7, 11) is -0.133. The van der Waals surface area contributed by atoms with Gasteiger partial charge in [0.25, 0.3) is 0 Å². The second kappa shape index (κ2) is 11.3. The summed E-state index contributed by atoms with van der Waals surface area (Å²) < 4.78 is 32.2. The Morgan fingerprint density at radius 3 is 2.85 bits per heavy atom. The first-order chi connectivity index (χ1) is 12.0. The van der Waals surface area contributed by atoms with E-state index >= 15 is 0 Å². The van der Waals surface area contributed by atoms with Crippen molar-refractivity contribution < 1.29 is 13.2 Å². The van der Waals surface area contributed by atoms with E-state index in [1.807, 2.05) is 0 Å². The van der Waals surface area contributed by atoms with Gasteiger partial charge in [-0.25, -0.2) is 13.1 Å². The van der Waals surface area contributed by atoms with Gasteiger partial charge in [-0.3, -0.25) is 4.99 Å². The van der Waals surface area contributed by atoms with Gasteiger partial charge in [-0.2, -0.15) is 0 Å². The summed E-state index contributed by atoms with van der Waals surface area (Å²) in [4.78, 5) is 6.58. The van der Waals surface area contributed by atoms with Crippen molar-refractivity contribution in [1.82, 2.24) is 14.9 Å². The lowest BCUT2D eigenvalue weighted by atomic mass is 10.1. The minimum atomic E-state index is -3.57. The fourth-order valence-electron chi connectivity index (χ4n) is 2.81. The fraction of sp³-hybridized carbons (Fsp3) is 0.562. The monoisotopic (exact) mass is 516 g/mol. The molecule has 26 heavy (non-hydrogen) atoms. The number of ether oxygens (including phenoxy) is 1. The first-order valence-electron chi connectivity index (χ1n) is 8.16. The van der Waals surface area contributed by atoms with Crippen LogP contribution in [0.15, 0.2) is 34.2 Å². The first-order valence-corrected chi connectivity index (χ1v) is 10.0. The predicted octanol–water partition coefficient (Wildman–Crippen LogP) is 1.78. The van der Waals surface area contributed by atoms with E-state index in [1.54, 1.807) is 26.3 Å². The lowest BCUT2D eigenvalue weighted by Gasteiger charge is -2.21. The van der Waals surface area contributed by atoms with Crippen LogP contribution in [-0.4, -0.2) is 66.2 Å². The summed E-state index contributed by atoms with van der Waals surface area (Å²) in [6.45, 7) is 3.25.